The third-order valence-electron chi connectivity index (χ3n) is 3.36. The van der Waals surface area contributed by atoms with Gasteiger partial charge in [-0.2, -0.15) is 0 Å². The zero-order valence-corrected chi connectivity index (χ0v) is 15.3. The zero-order valence-electron chi connectivity index (χ0n) is 13.7. The molecule has 2 rings (SSSR count). The second-order valence-electron chi connectivity index (χ2n) is 5.55. The van der Waals surface area contributed by atoms with Crippen LogP contribution in [0.25, 0.3) is 0 Å². The largest absolute Gasteiger partial charge is 0.326 e. The summed E-state index contributed by atoms with van der Waals surface area (Å²) in [5.41, 5.74) is 0.652. The highest BCUT2D eigenvalue weighted by molar-refractivity contribution is 7.88. The maximum absolute atomic E-state index is 12.3. The lowest BCUT2D eigenvalue weighted by molar-refractivity contribution is -0.384. The lowest BCUT2D eigenvalue weighted by Crippen LogP contribution is -2.30. The zero-order chi connectivity index (χ0) is 19.3. The molecule has 0 aliphatic heterocycles. The predicted octanol–water partition coefficient (Wildman–Crippen LogP) is 2.87. The van der Waals surface area contributed by atoms with Gasteiger partial charge in [-0.05, 0) is 23.8 Å². The molecule has 10 heteroatoms. The monoisotopic (exact) mass is 397 g/mol. The highest BCUT2D eigenvalue weighted by atomic mass is 35.5. The lowest BCUT2D eigenvalue weighted by Gasteiger charge is -2.18. The first-order valence-corrected chi connectivity index (χ1v) is 9.68. The Balaban J connectivity index is 2.16. The summed E-state index contributed by atoms with van der Waals surface area (Å²) in [6, 6.07) is 11.1. The summed E-state index contributed by atoms with van der Waals surface area (Å²) in [7, 11) is -3.57. The molecule has 8 nitrogen and oxygen atoms in total. The second-order valence-corrected chi connectivity index (χ2v) is 7.77. The van der Waals surface area contributed by atoms with E-state index in [9.17, 15) is 23.3 Å². The molecule has 0 bridgehead atoms. The van der Waals surface area contributed by atoms with Crippen LogP contribution in [-0.2, 0) is 14.8 Å². The molecule has 0 spiro atoms. The smallest absolute Gasteiger partial charge is 0.271 e. The molecule has 26 heavy (non-hydrogen) atoms. The maximum Gasteiger partial charge on any atom is 0.271 e. The Bertz CT molecular complexity index is 916. The number of nitro groups is 1. The van der Waals surface area contributed by atoms with Gasteiger partial charge in [0.1, 0.15) is 0 Å². The molecule has 2 aromatic carbocycles. The fraction of sp³-hybridized carbons (Fsp3) is 0.188. The van der Waals surface area contributed by atoms with Crippen molar-refractivity contribution in [1.29, 1.82) is 0 Å². The van der Waals surface area contributed by atoms with E-state index >= 15 is 0 Å². The fourth-order valence-electron chi connectivity index (χ4n) is 2.28. The van der Waals surface area contributed by atoms with E-state index in [4.69, 9.17) is 11.6 Å². The van der Waals surface area contributed by atoms with Crippen LogP contribution < -0.4 is 10.0 Å². The van der Waals surface area contributed by atoms with Gasteiger partial charge < -0.3 is 5.32 Å². The van der Waals surface area contributed by atoms with Crippen molar-refractivity contribution in [3.8, 4) is 0 Å². The molecule has 0 radical (unpaired) electrons. The van der Waals surface area contributed by atoms with Crippen molar-refractivity contribution >= 4 is 38.9 Å². The number of nitrogens with zero attached hydrogens (tertiary/aromatic N) is 1. The first-order valence-electron chi connectivity index (χ1n) is 7.41. The molecule has 0 aliphatic rings. The average Bonchev–Trinajstić information content (AvgIpc) is 2.53. The van der Waals surface area contributed by atoms with Crippen LogP contribution in [0.3, 0.4) is 0 Å². The molecular formula is C16H16ClN3O5S. The molecule has 2 N–H and O–H groups in total. The summed E-state index contributed by atoms with van der Waals surface area (Å²) in [6.07, 6.45) is 0.797. The SMILES string of the molecule is CS(=O)(=O)N[C@@H](CC(=O)Nc1cccc([N+](=O)[O-])c1)c1ccc(Cl)cc1. The Labute approximate surface area is 155 Å². The number of anilines is 1. The second kappa shape index (κ2) is 8.26. The Morgan fingerprint density at radius 2 is 1.88 bits per heavy atom. The summed E-state index contributed by atoms with van der Waals surface area (Å²) < 4.78 is 25.6. The molecule has 2 aromatic rings. The van der Waals surface area contributed by atoms with Crippen LogP contribution in [0.15, 0.2) is 48.5 Å². The standard InChI is InChI=1S/C16H16ClN3O5S/c1-26(24,25)19-15(11-5-7-12(17)8-6-11)10-16(21)18-13-3-2-4-14(9-13)20(22)23/h2-9,15,19H,10H2,1H3,(H,18,21)/t15-/m0/s1. The number of sulfonamides is 1. The molecule has 0 unspecified atom stereocenters. The fourth-order valence-corrected chi connectivity index (χ4v) is 3.14. The summed E-state index contributed by atoms with van der Waals surface area (Å²) in [6.45, 7) is 0. The van der Waals surface area contributed by atoms with Gasteiger partial charge in [-0.3, -0.25) is 14.9 Å². The van der Waals surface area contributed by atoms with E-state index in [1.54, 1.807) is 24.3 Å². The number of rotatable bonds is 7. The van der Waals surface area contributed by atoms with E-state index in [0.29, 0.717) is 10.6 Å². The van der Waals surface area contributed by atoms with Gasteiger partial charge in [0.2, 0.25) is 15.9 Å². The van der Waals surface area contributed by atoms with Gasteiger partial charge in [0.25, 0.3) is 5.69 Å². The van der Waals surface area contributed by atoms with Crippen molar-refractivity contribution in [1.82, 2.24) is 4.72 Å². The number of non-ortho nitro benzene ring substituents is 1. The Hall–Kier alpha value is -2.49. The van der Waals surface area contributed by atoms with Crippen molar-refractivity contribution in [2.75, 3.05) is 11.6 Å². The summed E-state index contributed by atoms with van der Waals surface area (Å²) in [4.78, 5) is 22.5. The van der Waals surface area contributed by atoms with Crippen LogP contribution in [-0.4, -0.2) is 25.5 Å². The maximum atomic E-state index is 12.3. The number of carbonyl (C=O) groups is 1. The first-order chi connectivity index (χ1) is 12.1. The third-order valence-corrected chi connectivity index (χ3v) is 4.32. The average molecular weight is 398 g/mol. The molecule has 0 aromatic heterocycles. The normalized spacial score (nSPS) is 12.4. The first kappa shape index (κ1) is 19.8. The number of hydrogen-bond acceptors (Lipinski definition) is 5. The van der Waals surface area contributed by atoms with Crippen molar-refractivity contribution in [2.45, 2.75) is 12.5 Å². The van der Waals surface area contributed by atoms with E-state index in [1.165, 1.54) is 24.3 Å². The summed E-state index contributed by atoms with van der Waals surface area (Å²) in [5, 5.41) is 13.8. The Morgan fingerprint density at radius 3 is 2.46 bits per heavy atom. The van der Waals surface area contributed by atoms with E-state index < -0.39 is 26.9 Å². The van der Waals surface area contributed by atoms with Gasteiger partial charge in [0, 0.05) is 29.3 Å². The van der Waals surface area contributed by atoms with E-state index in [-0.39, 0.29) is 17.8 Å². The van der Waals surface area contributed by atoms with Gasteiger partial charge in [-0.15, -0.1) is 0 Å². The highest BCUT2D eigenvalue weighted by Gasteiger charge is 2.20. The van der Waals surface area contributed by atoms with E-state index in [1.807, 2.05) is 0 Å². The number of carbonyl (C=O) groups excluding carboxylic acids is 1. The third kappa shape index (κ3) is 6.10. The van der Waals surface area contributed by atoms with Gasteiger partial charge in [0.05, 0.1) is 17.2 Å². The molecule has 1 amide bonds. The highest BCUT2D eigenvalue weighted by Crippen LogP contribution is 2.22. The number of nitrogens with one attached hydrogen (secondary N) is 2. The Kier molecular flexibility index (Phi) is 6.30. The van der Waals surface area contributed by atoms with Crippen molar-refractivity contribution in [3.05, 3.63) is 69.2 Å². The molecule has 0 fully saturated rings. The Morgan fingerprint density at radius 1 is 1.23 bits per heavy atom. The molecule has 0 aliphatic carbocycles. The van der Waals surface area contributed by atoms with E-state index in [0.717, 1.165) is 6.26 Å². The minimum Gasteiger partial charge on any atom is -0.326 e. The summed E-state index contributed by atoms with van der Waals surface area (Å²) >= 11 is 5.83. The molecular weight excluding hydrogens is 382 g/mol. The van der Waals surface area contributed by atoms with Crippen molar-refractivity contribution in [3.63, 3.8) is 0 Å². The van der Waals surface area contributed by atoms with Crippen LogP contribution in [0.4, 0.5) is 11.4 Å². The predicted molar refractivity (Wildman–Crippen MR) is 98.5 cm³/mol. The van der Waals surface area contributed by atoms with Crippen LogP contribution in [0.5, 0.6) is 0 Å². The van der Waals surface area contributed by atoms with E-state index in [2.05, 4.69) is 10.0 Å². The number of nitro benzene ring substituents is 1. The minimum absolute atomic E-state index is 0.161. The van der Waals surface area contributed by atoms with Crippen molar-refractivity contribution in [2.24, 2.45) is 0 Å². The molecule has 0 saturated carbocycles. The van der Waals surface area contributed by atoms with Gasteiger partial charge in [-0.25, -0.2) is 13.1 Å². The van der Waals surface area contributed by atoms with Crippen LogP contribution >= 0.6 is 11.6 Å². The molecule has 1 atom stereocenters. The van der Waals surface area contributed by atoms with Gasteiger partial charge in [0.15, 0.2) is 0 Å². The number of hydrogen-bond donors (Lipinski definition) is 2. The topological polar surface area (TPSA) is 118 Å². The van der Waals surface area contributed by atoms with Crippen LogP contribution in [0.1, 0.15) is 18.0 Å². The van der Waals surface area contributed by atoms with Crippen LogP contribution in [0, 0.1) is 10.1 Å². The van der Waals surface area contributed by atoms with Crippen LogP contribution in [0.2, 0.25) is 5.02 Å². The van der Waals surface area contributed by atoms with Gasteiger partial charge >= 0.3 is 0 Å². The molecule has 0 heterocycles. The minimum atomic E-state index is -3.57. The quantitative estimate of drug-likeness (QED) is 0.550. The van der Waals surface area contributed by atoms with Crippen molar-refractivity contribution < 1.29 is 18.1 Å². The number of halogens is 1. The lowest BCUT2D eigenvalue weighted by atomic mass is 10.0. The molecule has 138 valence electrons. The van der Waals surface area contributed by atoms with Gasteiger partial charge in [-0.1, -0.05) is 29.8 Å². The number of amides is 1. The summed E-state index contributed by atoms with van der Waals surface area (Å²) in [5.74, 6) is -0.499. The number of benzene rings is 2. The molecule has 0 saturated heterocycles.